The maximum Gasteiger partial charge on any atom is 0.257 e. The summed E-state index contributed by atoms with van der Waals surface area (Å²) in [6.45, 7) is 3.63. The predicted molar refractivity (Wildman–Crippen MR) is 105 cm³/mol. The maximum atomic E-state index is 12.7. The highest BCUT2D eigenvalue weighted by Gasteiger charge is 2.27. The number of carbonyl (C=O) groups excluding carboxylic acids is 1. The molecule has 4 rings (SSSR count). The van der Waals surface area contributed by atoms with E-state index in [2.05, 4.69) is 14.8 Å². The van der Waals surface area contributed by atoms with Crippen LogP contribution in [0.1, 0.15) is 56.2 Å². The number of hydrogen-bond acceptors (Lipinski definition) is 5. The summed E-state index contributed by atoms with van der Waals surface area (Å²) in [5.74, 6) is 0.890. The molecule has 1 N–H and O–H groups in total. The zero-order valence-electron chi connectivity index (χ0n) is 16.4. The van der Waals surface area contributed by atoms with Gasteiger partial charge in [-0.15, -0.1) is 0 Å². The third-order valence-corrected chi connectivity index (χ3v) is 6.42. The second-order valence-electron chi connectivity index (χ2n) is 8.27. The smallest absolute Gasteiger partial charge is 0.257 e. The van der Waals surface area contributed by atoms with E-state index in [0.29, 0.717) is 19.1 Å². The molecule has 1 saturated heterocycles. The van der Waals surface area contributed by atoms with Crippen LogP contribution >= 0.6 is 0 Å². The molecule has 0 atom stereocenters. The summed E-state index contributed by atoms with van der Waals surface area (Å²) in [7, 11) is 1.94. The summed E-state index contributed by atoms with van der Waals surface area (Å²) in [5, 5.41) is 0. The van der Waals surface area contributed by atoms with Gasteiger partial charge in [0.1, 0.15) is 0 Å². The molecule has 0 bridgehead atoms. The van der Waals surface area contributed by atoms with Gasteiger partial charge in [-0.25, -0.2) is 4.98 Å². The summed E-state index contributed by atoms with van der Waals surface area (Å²) in [4.78, 5) is 39.2. The average Bonchev–Trinajstić information content (AvgIpc) is 3.23. The van der Waals surface area contributed by atoms with Gasteiger partial charge in [0.15, 0.2) is 0 Å². The zero-order valence-corrected chi connectivity index (χ0v) is 16.4. The van der Waals surface area contributed by atoms with Crippen LogP contribution in [0, 0.1) is 0 Å². The topological polar surface area (TPSA) is 72.5 Å². The maximum absolute atomic E-state index is 12.7. The SMILES string of the molecule is CN(C(=O)CN1CCc2nc(N3CCCC3)[nH]c(=O)c2C1)C1CCCCC1. The van der Waals surface area contributed by atoms with Gasteiger partial charge in [-0.3, -0.25) is 19.5 Å². The molecule has 2 fully saturated rings. The van der Waals surface area contributed by atoms with Crippen molar-refractivity contribution in [3.05, 3.63) is 21.6 Å². The number of anilines is 1. The van der Waals surface area contributed by atoms with Gasteiger partial charge in [-0.2, -0.15) is 0 Å². The van der Waals surface area contributed by atoms with Crippen LogP contribution in [0.25, 0.3) is 0 Å². The fraction of sp³-hybridized carbons (Fsp3) is 0.750. The van der Waals surface area contributed by atoms with Crippen LogP contribution in [0.5, 0.6) is 0 Å². The van der Waals surface area contributed by atoms with E-state index in [1.54, 1.807) is 0 Å². The fourth-order valence-corrected chi connectivity index (χ4v) is 4.66. The van der Waals surface area contributed by atoms with E-state index in [4.69, 9.17) is 4.98 Å². The van der Waals surface area contributed by atoms with Crippen LogP contribution in [0.15, 0.2) is 4.79 Å². The van der Waals surface area contributed by atoms with E-state index >= 15 is 0 Å². The molecule has 7 nitrogen and oxygen atoms in total. The van der Waals surface area contributed by atoms with Crippen molar-refractivity contribution in [2.75, 3.05) is 38.1 Å². The molecular weight excluding hydrogens is 342 g/mol. The number of rotatable bonds is 4. The number of nitrogens with zero attached hydrogens (tertiary/aromatic N) is 4. The van der Waals surface area contributed by atoms with E-state index in [9.17, 15) is 9.59 Å². The van der Waals surface area contributed by atoms with Crippen LogP contribution in [-0.4, -0.2) is 64.9 Å². The van der Waals surface area contributed by atoms with Gasteiger partial charge in [-0.1, -0.05) is 19.3 Å². The van der Waals surface area contributed by atoms with Crippen LogP contribution in [-0.2, 0) is 17.8 Å². The Hall–Kier alpha value is -1.89. The van der Waals surface area contributed by atoms with E-state index in [0.717, 1.165) is 68.9 Å². The van der Waals surface area contributed by atoms with Gasteiger partial charge in [0, 0.05) is 45.7 Å². The van der Waals surface area contributed by atoms with Crippen molar-refractivity contribution in [2.24, 2.45) is 0 Å². The zero-order chi connectivity index (χ0) is 18.8. The van der Waals surface area contributed by atoms with Gasteiger partial charge in [0.05, 0.1) is 17.8 Å². The molecule has 1 aromatic rings. The van der Waals surface area contributed by atoms with Crippen molar-refractivity contribution in [3.63, 3.8) is 0 Å². The number of fused-ring (bicyclic) bond motifs is 1. The Labute approximate surface area is 160 Å². The Morgan fingerprint density at radius 1 is 1.15 bits per heavy atom. The molecule has 3 aliphatic rings. The quantitative estimate of drug-likeness (QED) is 0.866. The van der Waals surface area contributed by atoms with Crippen molar-refractivity contribution in [2.45, 2.75) is 64.0 Å². The summed E-state index contributed by atoms with van der Waals surface area (Å²) in [5.41, 5.74) is 1.60. The minimum Gasteiger partial charge on any atom is -0.342 e. The molecule has 1 saturated carbocycles. The standard InChI is InChI=1S/C20H31N5O2/c1-23(15-7-3-2-4-8-15)18(26)14-24-12-9-17-16(13-24)19(27)22-20(21-17)25-10-5-6-11-25/h15H,2-14H2,1H3,(H,21,22,27). The van der Waals surface area contributed by atoms with Crippen molar-refractivity contribution in [3.8, 4) is 0 Å². The summed E-state index contributed by atoms with van der Waals surface area (Å²) >= 11 is 0. The van der Waals surface area contributed by atoms with Crippen LogP contribution in [0.2, 0.25) is 0 Å². The van der Waals surface area contributed by atoms with E-state index < -0.39 is 0 Å². The highest BCUT2D eigenvalue weighted by molar-refractivity contribution is 5.78. The number of amides is 1. The monoisotopic (exact) mass is 373 g/mol. The lowest BCUT2D eigenvalue weighted by atomic mass is 9.94. The Kier molecular flexibility index (Phi) is 5.48. The normalized spacial score (nSPS) is 21.3. The molecule has 0 radical (unpaired) electrons. The lowest BCUT2D eigenvalue weighted by molar-refractivity contribution is -0.134. The molecule has 7 heteroatoms. The molecule has 1 amide bonds. The molecule has 0 aromatic carbocycles. The minimum atomic E-state index is -0.0420. The Morgan fingerprint density at radius 3 is 2.63 bits per heavy atom. The first-order valence-corrected chi connectivity index (χ1v) is 10.5. The number of carbonyl (C=O) groups is 1. The van der Waals surface area contributed by atoms with Gasteiger partial charge in [-0.05, 0) is 25.7 Å². The largest absolute Gasteiger partial charge is 0.342 e. The Morgan fingerprint density at radius 2 is 1.89 bits per heavy atom. The lowest BCUT2D eigenvalue weighted by Crippen LogP contribution is -2.46. The van der Waals surface area contributed by atoms with E-state index in [1.165, 1.54) is 19.3 Å². The highest BCUT2D eigenvalue weighted by atomic mass is 16.2. The number of likely N-dealkylation sites (N-methyl/N-ethyl adjacent to an activating group) is 1. The summed E-state index contributed by atoms with van der Waals surface area (Å²) in [6, 6.07) is 0.386. The first-order chi connectivity index (χ1) is 13.1. The molecule has 0 spiro atoms. The van der Waals surface area contributed by atoms with Crippen LogP contribution in [0.3, 0.4) is 0 Å². The third kappa shape index (κ3) is 4.03. The molecule has 1 aromatic heterocycles. The fourth-order valence-electron chi connectivity index (χ4n) is 4.66. The van der Waals surface area contributed by atoms with Crippen molar-refractivity contribution in [1.29, 1.82) is 0 Å². The Bertz CT molecular complexity index is 734. The van der Waals surface area contributed by atoms with Gasteiger partial charge in [0.25, 0.3) is 5.56 Å². The number of aromatic nitrogens is 2. The average molecular weight is 374 g/mol. The first kappa shape index (κ1) is 18.5. The number of nitrogens with one attached hydrogen (secondary N) is 1. The van der Waals surface area contributed by atoms with E-state index in [-0.39, 0.29) is 11.5 Å². The van der Waals surface area contributed by atoms with Crippen LogP contribution in [0.4, 0.5) is 5.95 Å². The molecule has 1 aliphatic carbocycles. The number of aromatic amines is 1. The van der Waals surface area contributed by atoms with Crippen molar-refractivity contribution >= 4 is 11.9 Å². The number of hydrogen-bond donors (Lipinski definition) is 1. The lowest BCUT2D eigenvalue weighted by Gasteiger charge is -2.34. The summed E-state index contributed by atoms with van der Waals surface area (Å²) < 4.78 is 0. The molecule has 3 heterocycles. The predicted octanol–water partition coefficient (Wildman–Crippen LogP) is 1.52. The molecule has 148 valence electrons. The van der Waals surface area contributed by atoms with Crippen molar-refractivity contribution < 1.29 is 4.79 Å². The number of H-pyrrole nitrogens is 1. The van der Waals surface area contributed by atoms with Gasteiger partial charge in [0.2, 0.25) is 11.9 Å². The Balaban J connectivity index is 1.40. The second kappa shape index (κ2) is 8.00. The first-order valence-electron chi connectivity index (χ1n) is 10.5. The minimum absolute atomic E-state index is 0.0420. The molecule has 2 aliphatic heterocycles. The highest BCUT2D eigenvalue weighted by Crippen LogP contribution is 2.23. The van der Waals surface area contributed by atoms with Crippen LogP contribution < -0.4 is 10.5 Å². The third-order valence-electron chi connectivity index (χ3n) is 6.42. The van der Waals surface area contributed by atoms with Gasteiger partial charge < -0.3 is 9.80 Å². The van der Waals surface area contributed by atoms with E-state index in [1.807, 2.05) is 11.9 Å². The second-order valence-corrected chi connectivity index (χ2v) is 8.27. The molecule has 0 unspecified atom stereocenters. The summed E-state index contributed by atoms with van der Waals surface area (Å²) in [6.07, 6.45) is 9.02. The molecule has 27 heavy (non-hydrogen) atoms. The molecular formula is C20H31N5O2. The van der Waals surface area contributed by atoms with Crippen molar-refractivity contribution in [1.82, 2.24) is 19.8 Å². The van der Waals surface area contributed by atoms with Gasteiger partial charge >= 0.3 is 0 Å².